The average molecular weight is 305 g/mol. The zero-order valence-corrected chi connectivity index (χ0v) is 9.98. The quantitative estimate of drug-likeness (QED) is 0.776. The Morgan fingerprint density at radius 1 is 1.50 bits per heavy atom. The van der Waals surface area contributed by atoms with E-state index in [2.05, 4.69) is 27.7 Å². The fraction of sp³-hybridized carbons (Fsp3) is 0.556. The first-order valence-electron chi connectivity index (χ1n) is 4.71. The zero-order chi connectivity index (χ0) is 9.97. The van der Waals surface area contributed by atoms with Gasteiger partial charge in [-0.25, -0.2) is 0 Å². The highest BCUT2D eigenvalue weighted by atomic mass is 127. The third kappa shape index (κ3) is 2.26. The van der Waals surface area contributed by atoms with Crippen LogP contribution in [0.2, 0.25) is 0 Å². The van der Waals surface area contributed by atoms with Gasteiger partial charge in [0, 0.05) is 19.2 Å². The van der Waals surface area contributed by atoms with Crippen LogP contribution in [0.15, 0.2) is 12.4 Å². The van der Waals surface area contributed by atoms with Crippen LogP contribution in [-0.2, 0) is 11.5 Å². The molecule has 2 heterocycles. The summed E-state index contributed by atoms with van der Waals surface area (Å²) in [6, 6.07) is 0. The standard InChI is InChI=1S/C9H12IN3O/c10-8-5-11-13(6-8)7-12-4-2-1-3-9(12)14/h5-6H,1-4,7H2. The first kappa shape index (κ1) is 9.95. The van der Waals surface area contributed by atoms with Crippen molar-refractivity contribution in [2.75, 3.05) is 6.54 Å². The molecule has 0 aromatic carbocycles. The lowest BCUT2D eigenvalue weighted by atomic mass is 10.1. The van der Waals surface area contributed by atoms with Crippen molar-refractivity contribution in [1.29, 1.82) is 0 Å². The van der Waals surface area contributed by atoms with Crippen LogP contribution in [0.5, 0.6) is 0 Å². The summed E-state index contributed by atoms with van der Waals surface area (Å²) < 4.78 is 2.91. The molecule has 76 valence electrons. The molecule has 5 heteroatoms. The van der Waals surface area contributed by atoms with E-state index >= 15 is 0 Å². The molecule has 0 saturated carbocycles. The average Bonchev–Trinajstić information content (AvgIpc) is 2.56. The fourth-order valence-corrected chi connectivity index (χ4v) is 2.05. The number of carbonyl (C=O) groups is 1. The fourth-order valence-electron chi connectivity index (χ4n) is 1.60. The molecular weight excluding hydrogens is 293 g/mol. The van der Waals surface area contributed by atoms with Gasteiger partial charge in [0.05, 0.1) is 9.77 Å². The van der Waals surface area contributed by atoms with Crippen LogP contribution in [0.3, 0.4) is 0 Å². The molecule has 0 spiro atoms. The van der Waals surface area contributed by atoms with E-state index in [1.807, 2.05) is 15.8 Å². The molecule has 2 rings (SSSR count). The van der Waals surface area contributed by atoms with E-state index in [-0.39, 0.29) is 5.91 Å². The maximum absolute atomic E-state index is 11.5. The van der Waals surface area contributed by atoms with Crippen molar-refractivity contribution >= 4 is 28.5 Å². The Morgan fingerprint density at radius 3 is 3.00 bits per heavy atom. The number of halogens is 1. The van der Waals surface area contributed by atoms with Crippen molar-refractivity contribution in [3.8, 4) is 0 Å². The molecule has 0 radical (unpaired) electrons. The van der Waals surface area contributed by atoms with Crippen LogP contribution in [0.25, 0.3) is 0 Å². The van der Waals surface area contributed by atoms with Gasteiger partial charge in [-0.15, -0.1) is 0 Å². The van der Waals surface area contributed by atoms with E-state index in [4.69, 9.17) is 0 Å². The van der Waals surface area contributed by atoms with E-state index in [1.54, 1.807) is 6.20 Å². The Morgan fingerprint density at radius 2 is 2.36 bits per heavy atom. The number of hydrogen-bond donors (Lipinski definition) is 0. The molecule has 4 nitrogen and oxygen atoms in total. The van der Waals surface area contributed by atoms with Gasteiger partial charge < -0.3 is 4.90 Å². The molecule has 0 aliphatic carbocycles. The Balaban J connectivity index is 1.99. The van der Waals surface area contributed by atoms with Crippen molar-refractivity contribution in [3.63, 3.8) is 0 Å². The minimum atomic E-state index is 0.252. The molecule has 0 unspecified atom stereocenters. The Labute approximate surface area is 96.4 Å². The van der Waals surface area contributed by atoms with E-state index in [9.17, 15) is 4.79 Å². The van der Waals surface area contributed by atoms with Crippen molar-refractivity contribution < 1.29 is 4.79 Å². The second kappa shape index (κ2) is 4.29. The first-order chi connectivity index (χ1) is 6.75. The maximum atomic E-state index is 11.5. The summed E-state index contributed by atoms with van der Waals surface area (Å²) in [4.78, 5) is 13.4. The first-order valence-corrected chi connectivity index (χ1v) is 5.79. The summed E-state index contributed by atoms with van der Waals surface area (Å²) >= 11 is 2.21. The van der Waals surface area contributed by atoms with Crippen LogP contribution in [0, 0.1) is 3.57 Å². The Kier molecular flexibility index (Phi) is 3.05. The van der Waals surface area contributed by atoms with E-state index in [0.29, 0.717) is 13.1 Å². The van der Waals surface area contributed by atoms with Gasteiger partial charge in [-0.3, -0.25) is 9.48 Å². The lowest BCUT2D eigenvalue weighted by Gasteiger charge is -2.26. The molecule has 1 aliphatic heterocycles. The lowest BCUT2D eigenvalue weighted by Crippen LogP contribution is -2.36. The topological polar surface area (TPSA) is 38.1 Å². The third-order valence-corrected chi connectivity index (χ3v) is 2.90. The lowest BCUT2D eigenvalue weighted by molar-refractivity contribution is -0.135. The molecule has 0 atom stereocenters. The monoisotopic (exact) mass is 305 g/mol. The van der Waals surface area contributed by atoms with Gasteiger partial charge >= 0.3 is 0 Å². The molecule has 1 aromatic heterocycles. The van der Waals surface area contributed by atoms with E-state index < -0.39 is 0 Å². The Bertz CT molecular complexity index is 337. The number of aromatic nitrogens is 2. The van der Waals surface area contributed by atoms with Gasteiger partial charge in [0.2, 0.25) is 5.91 Å². The molecule has 0 N–H and O–H groups in total. The highest BCUT2D eigenvalue weighted by molar-refractivity contribution is 14.1. The second-order valence-corrected chi connectivity index (χ2v) is 4.70. The normalized spacial score (nSPS) is 17.5. The third-order valence-electron chi connectivity index (χ3n) is 2.34. The van der Waals surface area contributed by atoms with Crippen LogP contribution in [0.4, 0.5) is 0 Å². The molecule has 0 bridgehead atoms. The largest absolute Gasteiger partial charge is 0.323 e. The molecule has 14 heavy (non-hydrogen) atoms. The zero-order valence-electron chi connectivity index (χ0n) is 7.82. The smallest absolute Gasteiger partial charge is 0.224 e. The number of piperidine rings is 1. The number of hydrogen-bond acceptors (Lipinski definition) is 2. The van der Waals surface area contributed by atoms with E-state index in [0.717, 1.165) is 23.0 Å². The summed E-state index contributed by atoms with van der Waals surface area (Å²) in [5.41, 5.74) is 0. The second-order valence-electron chi connectivity index (χ2n) is 3.45. The van der Waals surface area contributed by atoms with Crippen molar-refractivity contribution in [3.05, 3.63) is 16.0 Å². The van der Waals surface area contributed by atoms with Gasteiger partial charge in [-0.05, 0) is 35.4 Å². The molecular formula is C9H12IN3O. The summed E-state index contributed by atoms with van der Waals surface area (Å²) in [6.45, 7) is 1.47. The number of amides is 1. The predicted octanol–water partition coefficient (Wildman–Crippen LogP) is 1.46. The van der Waals surface area contributed by atoms with Crippen LogP contribution >= 0.6 is 22.6 Å². The van der Waals surface area contributed by atoms with Crippen LogP contribution in [0.1, 0.15) is 19.3 Å². The highest BCUT2D eigenvalue weighted by Crippen LogP contribution is 2.11. The molecule has 1 aromatic rings. The number of carbonyl (C=O) groups excluding carboxylic acids is 1. The van der Waals surface area contributed by atoms with Crippen molar-refractivity contribution in [1.82, 2.24) is 14.7 Å². The number of likely N-dealkylation sites (tertiary alicyclic amines) is 1. The summed E-state index contributed by atoms with van der Waals surface area (Å²) in [5.74, 6) is 0.252. The van der Waals surface area contributed by atoms with Crippen LogP contribution < -0.4 is 0 Å². The molecule has 1 fully saturated rings. The van der Waals surface area contributed by atoms with Gasteiger partial charge in [-0.2, -0.15) is 5.10 Å². The van der Waals surface area contributed by atoms with Gasteiger partial charge in [0.25, 0.3) is 0 Å². The minimum Gasteiger partial charge on any atom is -0.323 e. The number of rotatable bonds is 2. The minimum absolute atomic E-state index is 0.252. The summed E-state index contributed by atoms with van der Waals surface area (Å²) in [6.07, 6.45) is 6.59. The summed E-state index contributed by atoms with van der Waals surface area (Å²) in [5, 5.41) is 4.16. The van der Waals surface area contributed by atoms with Crippen LogP contribution in [-0.4, -0.2) is 27.1 Å². The van der Waals surface area contributed by atoms with Gasteiger partial charge in [-0.1, -0.05) is 0 Å². The maximum Gasteiger partial charge on any atom is 0.224 e. The Hall–Kier alpha value is -0.590. The van der Waals surface area contributed by atoms with E-state index in [1.165, 1.54) is 0 Å². The predicted molar refractivity (Wildman–Crippen MR) is 60.5 cm³/mol. The highest BCUT2D eigenvalue weighted by Gasteiger charge is 2.17. The molecule has 1 amide bonds. The van der Waals surface area contributed by atoms with Gasteiger partial charge in [0.15, 0.2) is 0 Å². The summed E-state index contributed by atoms with van der Waals surface area (Å²) in [7, 11) is 0. The van der Waals surface area contributed by atoms with Crippen molar-refractivity contribution in [2.24, 2.45) is 0 Å². The van der Waals surface area contributed by atoms with Gasteiger partial charge in [0.1, 0.15) is 6.67 Å². The number of nitrogens with zero attached hydrogens (tertiary/aromatic N) is 3. The SMILES string of the molecule is O=C1CCCCN1Cn1cc(I)cn1. The van der Waals surface area contributed by atoms with Crippen molar-refractivity contribution in [2.45, 2.75) is 25.9 Å². The molecule has 1 aliphatic rings. The molecule has 1 saturated heterocycles.